The van der Waals surface area contributed by atoms with Gasteiger partial charge in [-0.25, -0.2) is 0 Å². The van der Waals surface area contributed by atoms with Crippen LogP contribution in [0.3, 0.4) is 0 Å². The van der Waals surface area contributed by atoms with Gasteiger partial charge in [-0.2, -0.15) is 0 Å². The first kappa shape index (κ1) is 23.1. The van der Waals surface area contributed by atoms with E-state index in [2.05, 4.69) is 0 Å². The number of furan rings is 1. The molecule has 1 atom stereocenters. The average molecular weight is 478 g/mol. The predicted octanol–water partition coefficient (Wildman–Crippen LogP) is 2.32. The molecule has 1 fully saturated rings. The molecule has 8 heteroatoms. The van der Waals surface area contributed by atoms with Gasteiger partial charge in [-0.15, -0.1) is 0 Å². The van der Waals surface area contributed by atoms with Crippen LogP contribution < -0.4 is 9.64 Å². The molecule has 0 radical (unpaired) electrons. The number of ketones is 1. The minimum Gasteiger partial charge on any atom is -0.503 e. The lowest BCUT2D eigenvalue weighted by atomic mass is 9.95. The molecule has 3 heterocycles. The van der Waals surface area contributed by atoms with Gasteiger partial charge in [0.15, 0.2) is 11.5 Å². The fraction of sp³-hybridized carbons (Fsp3) is 0.333. The number of benzene rings is 2. The summed E-state index contributed by atoms with van der Waals surface area (Å²) in [6, 6.07) is 15.5. The van der Waals surface area contributed by atoms with Crippen molar-refractivity contribution in [3.8, 4) is 5.75 Å². The lowest BCUT2D eigenvalue weighted by Gasteiger charge is -2.30. The van der Waals surface area contributed by atoms with E-state index in [0.29, 0.717) is 49.8 Å². The third-order valence-electron chi connectivity index (χ3n) is 6.59. The Morgan fingerprint density at radius 3 is 2.71 bits per heavy atom. The lowest BCUT2D eigenvalue weighted by molar-refractivity contribution is -0.907. The van der Waals surface area contributed by atoms with Crippen molar-refractivity contribution < 1.29 is 33.5 Å². The molecule has 2 N–H and O–H groups in total. The molecule has 2 aliphatic heterocycles. The Morgan fingerprint density at radius 1 is 1.14 bits per heavy atom. The highest BCUT2D eigenvalue weighted by Gasteiger charge is 2.45. The summed E-state index contributed by atoms with van der Waals surface area (Å²) in [6.45, 7) is 6.54. The average Bonchev–Trinajstić information content (AvgIpc) is 3.43. The standard InChI is InChI=1S/C27H28N2O6/c1-2-34-20-8-5-7-19(16-20)24-23(25(30)22-17-18-6-3-4-9-21(18)35-22)26(31)27(32)29(24)11-10-28-12-14-33-15-13-28/h3-9,16-17,24,31H,2,10-15H2,1H3/p+1/t24-/m0/s1. The first-order chi connectivity index (χ1) is 17.1. The number of carbonyl (C=O) groups excluding carboxylic acids is 2. The lowest BCUT2D eigenvalue weighted by Crippen LogP contribution is -3.14. The molecule has 8 nitrogen and oxygen atoms in total. The van der Waals surface area contributed by atoms with Crippen molar-refractivity contribution in [1.82, 2.24) is 4.90 Å². The van der Waals surface area contributed by atoms with Crippen LogP contribution in [0.2, 0.25) is 0 Å². The van der Waals surface area contributed by atoms with Crippen molar-refractivity contribution in [2.24, 2.45) is 0 Å². The summed E-state index contributed by atoms with van der Waals surface area (Å²) >= 11 is 0. The van der Waals surface area contributed by atoms with Gasteiger partial charge >= 0.3 is 0 Å². The van der Waals surface area contributed by atoms with Gasteiger partial charge in [-0.3, -0.25) is 9.59 Å². The van der Waals surface area contributed by atoms with E-state index in [-0.39, 0.29) is 11.3 Å². The number of morpholine rings is 1. The van der Waals surface area contributed by atoms with Crippen LogP contribution in [0, 0.1) is 0 Å². The summed E-state index contributed by atoms with van der Waals surface area (Å²) in [7, 11) is 0. The summed E-state index contributed by atoms with van der Waals surface area (Å²) in [6.07, 6.45) is 0. The molecule has 0 saturated carbocycles. The molecule has 0 bridgehead atoms. The monoisotopic (exact) mass is 477 g/mol. The van der Waals surface area contributed by atoms with Crippen LogP contribution in [0.25, 0.3) is 11.0 Å². The second kappa shape index (κ2) is 9.93. The Morgan fingerprint density at radius 2 is 1.94 bits per heavy atom. The van der Waals surface area contributed by atoms with Crippen molar-refractivity contribution in [1.29, 1.82) is 0 Å². The van der Waals surface area contributed by atoms with Crippen molar-refractivity contribution in [3.63, 3.8) is 0 Å². The second-order valence-corrected chi connectivity index (χ2v) is 8.76. The SMILES string of the molecule is CCOc1cccc([C@H]2C(C(=O)c3cc4ccccc4o3)=C(O)C(=O)N2CC[NH+]2CCOCC2)c1. The van der Waals surface area contributed by atoms with Gasteiger partial charge in [-0.1, -0.05) is 30.3 Å². The highest BCUT2D eigenvalue weighted by Crippen LogP contribution is 2.40. The number of aliphatic hydroxyl groups excluding tert-OH is 1. The number of hydrogen-bond acceptors (Lipinski definition) is 6. The molecule has 3 aromatic rings. The van der Waals surface area contributed by atoms with E-state index >= 15 is 0 Å². The van der Waals surface area contributed by atoms with Crippen LogP contribution >= 0.6 is 0 Å². The number of fused-ring (bicyclic) bond motifs is 1. The maximum atomic E-state index is 13.7. The highest BCUT2D eigenvalue weighted by molar-refractivity contribution is 6.16. The van der Waals surface area contributed by atoms with Crippen molar-refractivity contribution in [2.45, 2.75) is 13.0 Å². The van der Waals surface area contributed by atoms with Crippen LogP contribution in [0.5, 0.6) is 5.75 Å². The molecular weight excluding hydrogens is 448 g/mol. The van der Waals surface area contributed by atoms with Gasteiger partial charge < -0.3 is 28.8 Å². The number of carbonyl (C=O) groups is 2. The quantitative estimate of drug-likeness (QED) is 0.484. The van der Waals surface area contributed by atoms with E-state index in [4.69, 9.17) is 13.9 Å². The summed E-state index contributed by atoms with van der Waals surface area (Å²) in [4.78, 5) is 29.8. The second-order valence-electron chi connectivity index (χ2n) is 8.76. The van der Waals surface area contributed by atoms with Crippen molar-refractivity contribution in [3.05, 3.63) is 77.3 Å². The number of nitrogens with zero attached hydrogens (tertiary/aromatic N) is 1. The number of amides is 1. The Balaban J connectivity index is 1.51. The summed E-state index contributed by atoms with van der Waals surface area (Å²) < 4.78 is 16.9. The van der Waals surface area contributed by atoms with Gasteiger partial charge in [0.1, 0.15) is 24.4 Å². The van der Waals surface area contributed by atoms with Crippen LogP contribution in [0.15, 0.2) is 70.3 Å². The summed E-state index contributed by atoms with van der Waals surface area (Å²) in [5.41, 5.74) is 1.30. The smallest absolute Gasteiger partial charge is 0.290 e. The van der Waals surface area contributed by atoms with Gasteiger partial charge in [0.05, 0.1) is 44.5 Å². The zero-order valence-corrected chi connectivity index (χ0v) is 19.7. The molecule has 0 spiro atoms. The number of rotatable bonds is 8. The molecule has 0 unspecified atom stereocenters. The van der Waals surface area contributed by atoms with Gasteiger partial charge in [0.25, 0.3) is 5.91 Å². The molecule has 1 aromatic heterocycles. The molecule has 5 rings (SSSR count). The zero-order chi connectivity index (χ0) is 24.4. The molecule has 2 aromatic carbocycles. The maximum absolute atomic E-state index is 13.7. The number of aliphatic hydroxyl groups is 1. The van der Waals surface area contributed by atoms with E-state index in [0.717, 1.165) is 18.5 Å². The van der Waals surface area contributed by atoms with Crippen LogP contribution in [0.4, 0.5) is 0 Å². The van der Waals surface area contributed by atoms with E-state index in [1.165, 1.54) is 4.90 Å². The molecular formula is C27H29N2O6+. The van der Waals surface area contributed by atoms with Gasteiger partial charge in [0, 0.05) is 5.39 Å². The fourth-order valence-corrected chi connectivity index (χ4v) is 4.82. The molecule has 1 amide bonds. The normalized spacial score (nSPS) is 19.1. The number of ether oxygens (including phenoxy) is 2. The predicted molar refractivity (Wildman–Crippen MR) is 129 cm³/mol. The Hall–Kier alpha value is -3.62. The number of quaternary nitrogens is 1. The topological polar surface area (TPSA) is 93.7 Å². The molecule has 182 valence electrons. The third kappa shape index (κ3) is 4.54. The molecule has 0 aliphatic carbocycles. The zero-order valence-electron chi connectivity index (χ0n) is 19.7. The Labute approximate surface area is 203 Å². The van der Waals surface area contributed by atoms with Crippen molar-refractivity contribution >= 4 is 22.7 Å². The van der Waals surface area contributed by atoms with Crippen LogP contribution in [-0.2, 0) is 9.53 Å². The Bertz CT molecular complexity index is 1240. The van der Waals surface area contributed by atoms with Gasteiger partial charge in [0.2, 0.25) is 5.78 Å². The fourth-order valence-electron chi connectivity index (χ4n) is 4.82. The molecule has 35 heavy (non-hydrogen) atoms. The van der Waals surface area contributed by atoms with Crippen molar-refractivity contribution in [2.75, 3.05) is 46.0 Å². The number of Topliss-reactive ketones (excluding diaryl/α,β-unsaturated/α-hetero) is 1. The Kier molecular flexibility index (Phi) is 6.57. The first-order valence-corrected chi connectivity index (χ1v) is 12.0. The van der Waals surface area contributed by atoms with E-state index < -0.39 is 23.5 Å². The van der Waals surface area contributed by atoms with Crippen LogP contribution in [0.1, 0.15) is 29.1 Å². The first-order valence-electron chi connectivity index (χ1n) is 12.0. The van der Waals surface area contributed by atoms with Gasteiger partial charge in [-0.05, 0) is 36.8 Å². The maximum Gasteiger partial charge on any atom is 0.290 e. The largest absolute Gasteiger partial charge is 0.503 e. The van der Waals surface area contributed by atoms with Crippen LogP contribution in [-0.4, -0.2) is 67.7 Å². The van der Waals surface area contributed by atoms with E-state index in [9.17, 15) is 14.7 Å². The van der Waals surface area contributed by atoms with E-state index in [1.54, 1.807) is 17.0 Å². The molecule has 2 aliphatic rings. The summed E-state index contributed by atoms with van der Waals surface area (Å²) in [5, 5.41) is 11.7. The number of nitrogens with one attached hydrogen (secondary N) is 1. The third-order valence-corrected chi connectivity index (χ3v) is 6.59. The summed E-state index contributed by atoms with van der Waals surface area (Å²) in [5.74, 6) is -0.853. The highest BCUT2D eigenvalue weighted by atomic mass is 16.5. The number of hydrogen-bond donors (Lipinski definition) is 2. The van der Waals surface area contributed by atoms with E-state index in [1.807, 2.05) is 49.4 Å². The molecule has 1 saturated heterocycles. The minimum atomic E-state index is -0.746. The number of para-hydroxylation sites is 1. The minimum absolute atomic E-state index is 0.0275.